The van der Waals surface area contributed by atoms with Gasteiger partial charge in [0.1, 0.15) is 5.52 Å². The lowest BCUT2D eigenvalue weighted by Crippen LogP contribution is -1.50. The molecule has 0 amide bonds. The molecule has 39 valence electrons. The molecule has 2 aromatic rings. The average Bonchev–Trinajstić information content (AvgIpc) is 2.15. The first-order valence-corrected chi connectivity index (χ1v) is 3.05. The van der Waals surface area contributed by atoms with Gasteiger partial charge in [-0.2, -0.15) is 0 Å². The van der Waals surface area contributed by atoms with E-state index in [1.165, 1.54) is 11.3 Å². The maximum Gasteiger partial charge on any atom is 0.285 e. The molecule has 0 bridgehead atoms. The van der Waals surface area contributed by atoms with Crippen LogP contribution >= 0.6 is 11.3 Å². The third kappa shape index (κ3) is 0.391. The summed E-state index contributed by atoms with van der Waals surface area (Å²) in [5.41, 5.74) is 0.898. The molecule has 2 aromatic heterocycles. The minimum atomic E-state index is 0.852. The molecule has 0 unspecified atom stereocenters. The van der Waals surface area contributed by atoms with E-state index in [0.29, 0.717) is 0 Å². The summed E-state index contributed by atoms with van der Waals surface area (Å²) < 4.78 is 4.84. The van der Waals surface area contributed by atoms with Crippen molar-refractivity contribution in [3.63, 3.8) is 0 Å². The molecule has 0 aromatic carbocycles. The fourth-order valence-corrected chi connectivity index (χ4v) is 1.20. The van der Waals surface area contributed by atoms with E-state index in [2.05, 4.69) is 11.4 Å². The molecule has 3 heteroatoms. The Morgan fingerprint density at radius 2 is 2.75 bits per heavy atom. The van der Waals surface area contributed by atoms with E-state index in [4.69, 9.17) is 4.42 Å². The number of hydrogen-bond acceptors (Lipinski definition) is 3. The third-order valence-corrected chi connectivity index (χ3v) is 1.69. The van der Waals surface area contributed by atoms with Crippen molar-refractivity contribution >= 4 is 21.8 Å². The van der Waals surface area contributed by atoms with Crippen molar-refractivity contribution < 1.29 is 4.42 Å². The maximum absolute atomic E-state index is 4.84. The molecule has 2 rings (SSSR count). The topological polar surface area (TPSA) is 26.0 Å². The first-order valence-electron chi connectivity index (χ1n) is 2.17. The summed E-state index contributed by atoms with van der Waals surface area (Å²) in [5.74, 6) is 0. The molecule has 0 saturated carbocycles. The van der Waals surface area contributed by atoms with E-state index in [1.807, 2.05) is 11.4 Å². The second-order valence-corrected chi connectivity index (χ2v) is 2.28. The molecule has 8 heavy (non-hydrogen) atoms. The monoisotopic (exact) mass is 124 g/mol. The summed E-state index contributed by atoms with van der Waals surface area (Å²) in [6, 6.07) is 1.90. The molecular weight excluding hydrogens is 122 g/mol. The average molecular weight is 124 g/mol. The van der Waals surface area contributed by atoms with Gasteiger partial charge in [0.25, 0.3) is 6.39 Å². The van der Waals surface area contributed by atoms with Gasteiger partial charge in [0.05, 0.1) is 0 Å². The van der Waals surface area contributed by atoms with Gasteiger partial charge in [0.15, 0.2) is 0 Å². The lowest BCUT2D eigenvalue weighted by molar-refractivity contribution is 0.598. The number of hydrogen-bond donors (Lipinski definition) is 0. The lowest BCUT2D eigenvalue weighted by atomic mass is 10.6. The Kier molecular flexibility index (Phi) is 0.676. The van der Waals surface area contributed by atoms with Crippen molar-refractivity contribution in [2.45, 2.75) is 0 Å². The van der Waals surface area contributed by atoms with Crippen molar-refractivity contribution in [1.29, 1.82) is 0 Å². The highest BCUT2D eigenvalue weighted by atomic mass is 32.1. The quantitative estimate of drug-likeness (QED) is 0.534. The zero-order chi connectivity index (χ0) is 5.40. The Hall–Kier alpha value is -0.830. The highest BCUT2D eigenvalue weighted by Gasteiger charge is 1.95. The normalized spacial score (nSPS) is 10.5. The van der Waals surface area contributed by atoms with Gasteiger partial charge in [-0.05, 0) is 11.4 Å². The number of rotatable bonds is 0. The fourth-order valence-electron chi connectivity index (χ4n) is 0.561. The minimum absolute atomic E-state index is 0.852. The molecule has 0 atom stereocenters. The molecule has 0 aliphatic carbocycles. The Labute approximate surface area is 49.8 Å². The van der Waals surface area contributed by atoms with Crippen LogP contribution in [0.5, 0.6) is 0 Å². The predicted octanol–water partition coefficient (Wildman–Crippen LogP) is 1.69. The van der Waals surface area contributed by atoms with Gasteiger partial charge in [-0.15, -0.1) is 11.3 Å². The molecule has 2 nitrogen and oxygen atoms in total. The van der Waals surface area contributed by atoms with Gasteiger partial charge >= 0.3 is 0 Å². The van der Waals surface area contributed by atoms with Crippen LogP contribution in [-0.2, 0) is 0 Å². The van der Waals surface area contributed by atoms with E-state index in [-0.39, 0.29) is 0 Å². The Bertz CT molecular complexity index is 234. The van der Waals surface area contributed by atoms with Gasteiger partial charge in [0.2, 0.25) is 4.90 Å². The first kappa shape index (κ1) is 4.09. The predicted molar refractivity (Wildman–Crippen MR) is 30.7 cm³/mol. The van der Waals surface area contributed by atoms with Crippen LogP contribution < -0.4 is 0 Å². The van der Waals surface area contributed by atoms with Crippen LogP contribution in [0.3, 0.4) is 0 Å². The number of fused-ring (bicyclic) bond motifs is 1. The van der Waals surface area contributed by atoms with Crippen LogP contribution in [0.2, 0.25) is 0 Å². The SMILES string of the molecule is [c]1nc2ccsc2o1. The molecular formula is C5H2NOS. The molecule has 0 aliphatic heterocycles. The van der Waals surface area contributed by atoms with E-state index in [9.17, 15) is 0 Å². The minimum Gasteiger partial charge on any atom is -0.421 e. The summed E-state index contributed by atoms with van der Waals surface area (Å²) >= 11 is 1.53. The van der Waals surface area contributed by atoms with Crippen LogP contribution in [0.25, 0.3) is 10.4 Å². The van der Waals surface area contributed by atoms with Crippen LogP contribution in [0.4, 0.5) is 0 Å². The summed E-state index contributed by atoms with van der Waals surface area (Å²) in [4.78, 5) is 4.65. The van der Waals surface area contributed by atoms with Crippen LogP contribution in [0, 0.1) is 6.39 Å². The summed E-state index contributed by atoms with van der Waals surface area (Å²) in [5, 5.41) is 1.94. The van der Waals surface area contributed by atoms with Gasteiger partial charge in [-0.3, -0.25) is 0 Å². The number of oxazole rings is 1. The van der Waals surface area contributed by atoms with Crippen molar-refractivity contribution in [3.8, 4) is 0 Å². The molecule has 0 spiro atoms. The number of thiophene rings is 1. The number of aromatic nitrogens is 1. The van der Waals surface area contributed by atoms with E-state index in [0.717, 1.165) is 10.4 Å². The van der Waals surface area contributed by atoms with Crippen LogP contribution in [0.15, 0.2) is 15.9 Å². The molecule has 2 heterocycles. The lowest BCUT2D eigenvalue weighted by Gasteiger charge is -1.61. The molecule has 1 radical (unpaired) electrons. The largest absolute Gasteiger partial charge is 0.421 e. The van der Waals surface area contributed by atoms with Crippen LogP contribution in [-0.4, -0.2) is 4.98 Å². The second kappa shape index (κ2) is 1.32. The van der Waals surface area contributed by atoms with E-state index < -0.39 is 0 Å². The smallest absolute Gasteiger partial charge is 0.285 e. The number of nitrogens with zero attached hydrogens (tertiary/aromatic N) is 1. The molecule has 0 N–H and O–H groups in total. The summed E-state index contributed by atoms with van der Waals surface area (Å²) in [7, 11) is 0. The first-order chi connectivity index (χ1) is 3.97. The van der Waals surface area contributed by atoms with Gasteiger partial charge < -0.3 is 4.42 Å². The van der Waals surface area contributed by atoms with Crippen LogP contribution in [0.1, 0.15) is 0 Å². The Balaban J connectivity index is 3.06. The summed E-state index contributed by atoms with van der Waals surface area (Å²) in [6.07, 6.45) is 2.40. The van der Waals surface area contributed by atoms with Gasteiger partial charge in [0, 0.05) is 0 Å². The Morgan fingerprint density at radius 3 is 3.62 bits per heavy atom. The molecule has 0 saturated heterocycles. The highest BCUT2D eigenvalue weighted by molar-refractivity contribution is 7.16. The fraction of sp³-hybridized carbons (Fsp3) is 0. The maximum atomic E-state index is 4.84. The second-order valence-electron chi connectivity index (χ2n) is 1.40. The zero-order valence-electron chi connectivity index (χ0n) is 3.92. The highest BCUT2D eigenvalue weighted by Crippen LogP contribution is 2.17. The van der Waals surface area contributed by atoms with Gasteiger partial charge in [-0.1, -0.05) is 0 Å². The third-order valence-electron chi connectivity index (χ3n) is 0.915. The molecule has 0 fully saturated rings. The summed E-state index contributed by atoms with van der Waals surface area (Å²) in [6.45, 7) is 0. The van der Waals surface area contributed by atoms with Crippen molar-refractivity contribution in [2.75, 3.05) is 0 Å². The molecule has 0 aliphatic rings. The van der Waals surface area contributed by atoms with Gasteiger partial charge in [-0.25, -0.2) is 4.98 Å². The zero-order valence-corrected chi connectivity index (χ0v) is 4.73. The van der Waals surface area contributed by atoms with Crippen molar-refractivity contribution in [3.05, 3.63) is 17.8 Å². The van der Waals surface area contributed by atoms with E-state index >= 15 is 0 Å². The van der Waals surface area contributed by atoms with Crippen molar-refractivity contribution in [2.24, 2.45) is 0 Å². The standard InChI is InChI=1S/C5H2NOS/c1-2-8-5-4(1)6-3-7-5/h1-2H. The van der Waals surface area contributed by atoms with E-state index in [1.54, 1.807) is 0 Å². The Morgan fingerprint density at radius 1 is 1.75 bits per heavy atom. The van der Waals surface area contributed by atoms with Crippen molar-refractivity contribution in [1.82, 2.24) is 4.98 Å².